The molecular formula is C24H20BrF2N7O4S. The molecule has 0 spiro atoms. The van der Waals surface area contributed by atoms with Gasteiger partial charge in [-0.05, 0) is 53.2 Å². The first-order valence-corrected chi connectivity index (χ1v) is 13.4. The second kappa shape index (κ2) is 10.1. The standard InChI is InChI=1S/C24H20BrF2N7O4S/c1-10-29-24(34(31-10)12-2-3-15-18(6-12)39-9-28-15)23-22(37)20(21(36)17(8-35)38-23)33-7-16(30-32-33)11-4-13(26)19(25)14(27)5-11/h2-7,9,17,20-23,35-37H,8H2,1H3/t17-,20+,21+,22-,23-/m1/s1. The zero-order chi connectivity index (χ0) is 27.4. The van der Waals surface area contributed by atoms with Crippen molar-refractivity contribution in [3.8, 4) is 16.9 Å². The molecule has 2 aromatic carbocycles. The number of fused-ring (bicyclic) bond motifs is 1. The van der Waals surface area contributed by atoms with Crippen LogP contribution >= 0.6 is 27.3 Å². The lowest BCUT2D eigenvalue weighted by atomic mass is 9.92. The number of aliphatic hydroxyl groups excluding tert-OH is 3. The fourth-order valence-corrected chi connectivity index (χ4v) is 5.61. The molecule has 11 nitrogen and oxygen atoms in total. The van der Waals surface area contributed by atoms with E-state index in [-0.39, 0.29) is 21.6 Å². The van der Waals surface area contributed by atoms with Gasteiger partial charge in [-0.1, -0.05) is 5.21 Å². The molecule has 39 heavy (non-hydrogen) atoms. The molecule has 3 aromatic heterocycles. The zero-order valence-corrected chi connectivity index (χ0v) is 22.5. The number of ether oxygens (including phenoxy) is 1. The van der Waals surface area contributed by atoms with Crippen molar-refractivity contribution in [2.24, 2.45) is 0 Å². The van der Waals surface area contributed by atoms with Gasteiger partial charge in [0, 0.05) is 5.56 Å². The van der Waals surface area contributed by atoms with E-state index in [9.17, 15) is 24.1 Å². The van der Waals surface area contributed by atoms with E-state index in [1.54, 1.807) is 12.4 Å². The van der Waals surface area contributed by atoms with Crippen molar-refractivity contribution in [1.29, 1.82) is 0 Å². The maximum Gasteiger partial charge on any atom is 0.164 e. The fraction of sp³-hybridized carbons (Fsp3) is 0.292. The highest BCUT2D eigenvalue weighted by Gasteiger charge is 2.48. The second-order valence-electron chi connectivity index (χ2n) is 9.02. The van der Waals surface area contributed by atoms with Gasteiger partial charge in [0.2, 0.25) is 0 Å². The number of aliphatic hydroxyl groups is 3. The van der Waals surface area contributed by atoms with Gasteiger partial charge in [-0.2, -0.15) is 5.10 Å². The van der Waals surface area contributed by atoms with Crippen molar-refractivity contribution in [3.63, 3.8) is 0 Å². The van der Waals surface area contributed by atoms with Gasteiger partial charge < -0.3 is 20.1 Å². The molecule has 4 heterocycles. The van der Waals surface area contributed by atoms with E-state index in [4.69, 9.17) is 4.74 Å². The molecule has 1 saturated heterocycles. The first-order valence-electron chi connectivity index (χ1n) is 11.7. The van der Waals surface area contributed by atoms with Gasteiger partial charge in [0.15, 0.2) is 5.82 Å². The average Bonchev–Trinajstić information content (AvgIpc) is 3.67. The molecule has 202 valence electrons. The Labute approximate surface area is 231 Å². The third kappa shape index (κ3) is 4.54. The Hall–Kier alpha value is -3.21. The Kier molecular flexibility index (Phi) is 6.73. The van der Waals surface area contributed by atoms with Crippen LogP contribution in [0.3, 0.4) is 0 Å². The Morgan fingerprint density at radius 2 is 1.90 bits per heavy atom. The molecule has 1 fully saturated rings. The van der Waals surface area contributed by atoms with Crippen molar-refractivity contribution in [1.82, 2.24) is 34.7 Å². The van der Waals surface area contributed by atoms with E-state index in [1.165, 1.54) is 26.9 Å². The number of aromatic nitrogens is 7. The topological polar surface area (TPSA) is 144 Å². The molecule has 3 N–H and O–H groups in total. The van der Waals surface area contributed by atoms with Crippen molar-refractivity contribution in [2.45, 2.75) is 37.4 Å². The van der Waals surface area contributed by atoms with E-state index in [2.05, 4.69) is 41.3 Å². The summed E-state index contributed by atoms with van der Waals surface area (Å²) in [5, 5.41) is 44.9. The molecule has 0 amide bonds. The highest BCUT2D eigenvalue weighted by atomic mass is 79.9. The molecule has 0 radical (unpaired) electrons. The number of aryl methyl sites for hydroxylation is 1. The first-order chi connectivity index (χ1) is 18.7. The van der Waals surface area contributed by atoms with E-state index in [0.717, 1.165) is 22.3 Å². The zero-order valence-electron chi connectivity index (χ0n) is 20.1. The van der Waals surface area contributed by atoms with Gasteiger partial charge in [0.1, 0.15) is 53.6 Å². The smallest absolute Gasteiger partial charge is 0.164 e. The molecule has 1 aliphatic heterocycles. The van der Waals surface area contributed by atoms with Crippen LogP contribution in [0.4, 0.5) is 8.78 Å². The Morgan fingerprint density at radius 3 is 2.64 bits per heavy atom. The van der Waals surface area contributed by atoms with Crippen molar-refractivity contribution < 1.29 is 28.8 Å². The Balaban J connectivity index is 1.39. The lowest BCUT2D eigenvalue weighted by molar-refractivity contribution is -0.210. The van der Waals surface area contributed by atoms with Gasteiger partial charge in [-0.25, -0.2) is 28.1 Å². The monoisotopic (exact) mass is 619 g/mol. The molecule has 15 heteroatoms. The lowest BCUT2D eigenvalue weighted by Gasteiger charge is -2.41. The summed E-state index contributed by atoms with van der Waals surface area (Å²) in [6, 6.07) is 6.56. The molecule has 0 bridgehead atoms. The maximum absolute atomic E-state index is 14.1. The summed E-state index contributed by atoms with van der Waals surface area (Å²) in [4.78, 5) is 8.78. The van der Waals surface area contributed by atoms with Crippen LogP contribution in [0.2, 0.25) is 0 Å². The molecule has 1 aliphatic rings. The van der Waals surface area contributed by atoms with Crippen LogP contribution in [0.1, 0.15) is 23.8 Å². The summed E-state index contributed by atoms with van der Waals surface area (Å²) in [7, 11) is 0. The summed E-state index contributed by atoms with van der Waals surface area (Å²) in [5.41, 5.74) is 3.44. The van der Waals surface area contributed by atoms with Crippen LogP contribution in [-0.2, 0) is 4.74 Å². The van der Waals surface area contributed by atoms with Crippen LogP contribution < -0.4 is 0 Å². The fourth-order valence-electron chi connectivity index (χ4n) is 4.67. The quantitative estimate of drug-likeness (QED) is 0.253. The number of nitrogens with zero attached hydrogens (tertiary/aromatic N) is 7. The summed E-state index contributed by atoms with van der Waals surface area (Å²) >= 11 is 4.30. The highest BCUT2D eigenvalue weighted by Crippen LogP contribution is 2.39. The third-order valence-corrected chi connectivity index (χ3v) is 8.09. The minimum absolute atomic E-state index is 0.111. The van der Waals surface area contributed by atoms with E-state index in [0.29, 0.717) is 11.5 Å². The van der Waals surface area contributed by atoms with E-state index in [1.807, 2.05) is 18.2 Å². The molecule has 0 aliphatic carbocycles. The largest absolute Gasteiger partial charge is 0.394 e. The predicted octanol–water partition coefficient (Wildman–Crippen LogP) is 2.88. The summed E-state index contributed by atoms with van der Waals surface area (Å²) in [6.07, 6.45) is -3.73. The maximum atomic E-state index is 14.1. The average molecular weight is 620 g/mol. The number of thiazole rings is 1. The number of halogens is 3. The Morgan fingerprint density at radius 1 is 1.13 bits per heavy atom. The minimum atomic E-state index is -1.43. The second-order valence-corrected chi connectivity index (χ2v) is 10.7. The number of rotatable bonds is 5. The summed E-state index contributed by atoms with van der Waals surface area (Å²) in [5.74, 6) is -0.984. The molecule has 0 unspecified atom stereocenters. The number of benzene rings is 2. The normalized spacial score (nSPS) is 23.5. The van der Waals surface area contributed by atoms with Gasteiger partial charge in [-0.15, -0.1) is 16.4 Å². The summed E-state index contributed by atoms with van der Waals surface area (Å²) in [6.45, 7) is 1.13. The highest BCUT2D eigenvalue weighted by molar-refractivity contribution is 9.10. The lowest BCUT2D eigenvalue weighted by Crippen LogP contribution is -2.53. The molecule has 5 aromatic rings. The van der Waals surface area contributed by atoms with Crippen molar-refractivity contribution in [2.75, 3.05) is 6.61 Å². The minimum Gasteiger partial charge on any atom is -0.394 e. The van der Waals surface area contributed by atoms with E-state index < -0.39 is 48.7 Å². The van der Waals surface area contributed by atoms with Crippen LogP contribution in [0.5, 0.6) is 0 Å². The predicted molar refractivity (Wildman–Crippen MR) is 138 cm³/mol. The number of hydrogen-bond donors (Lipinski definition) is 3. The van der Waals surface area contributed by atoms with Gasteiger partial charge >= 0.3 is 0 Å². The third-order valence-electron chi connectivity index (χ3n) is 6.54. The van der Waals surface area contributed by atoms with Crippen LogP contribution in [0, 0.1) is 18.6 Å². The van der Waals surface area contributed by atoms with Gasteiger partial charge in [0.05, 0.1) is 38.7 Å². The molecule has 0 saturated carbocycles. The van der Waals surface area contributed by atoms with Crippen LogP contribution in [0.25, 0.3) is 27.2 Å². The molecule has 6 rings (SSSR count). The van der Waals surface area contributed by atoms with Crippen molar-refractivity contribution in [3.05, 3.63) is 69.8 Å². The molecule has 5 atom stereocenters. The van der Waals surface area contributed by atoms with E-state index >= 15 is 0 Å². The Bertz CT molecular complexity index is 1650. The molecular weight excluding hydrogens is 600 g/mol. The van der Waals surface area contributed by atoms with Crippen LogP contribution in [-0.4, -0.2) is 75.0 Å². The SMILES string of the molecule is Cc1nc([C@@H]2O[C@H](CO)[C@H](O)[C@H](n3cc(-c4cc(F)c(Br)c(F)c4)nn3)[C@H]2O)n(-c2ccc3ncsc3c2)n1. The number of hydrogen-bond acceptors (Lipinski definition) is 10. The summed E-state index contributed by atoms with van der Waals surface area (Å²) < 4.78 is 37.5. The van der Waals surface area contributed by atoms with Crippen LogP contribution in [0.15, 0.2) is 46.5 Å². The van der Waals surface area contributed by atoms with Gasteiger partial charge in [-0.3, -0.25) is 0 Å². The first kappa shape index (κ1) is 26.0. The van der Waals surface area contributed by atoms with Crippen molar-refractivity contribution >= 4 is 37.5 Å². The van der Waals surface area contributed by atoms with Gasteiger partial charge in [0.25, 0.3) is 0 Å².